The number of piperazine rings is 1. The molecule has 0 radical (unpaired) electrons. The molecule has 1 fully saturated rings. The van der Waals surface area contributed by atoms with Gasteiger partial charge in [0, 0.05) is 44.0 Å². The highest BCUT2D eigenvalue weighted by molar-refractivity contribution is 5.78. The number of hydrogen-bond donors (Lipinski definition) is 1. The van der Waals surface area contributed by atoms with Crippen molar-refractivity contribution in [2.75, 3.05) is 37.6 Å². The average molecular weight is 396 g/mol. The largest absolute Gasteiger partial charge is 0.369 e. The third-order valence-electron chi connectivity index (χ3n) is 5.43. The molecule has 1 atom stereocenters. The third-order valence-corrected chi connectivity index (χ3v) is 5.43. The van der Waals surface area contributed by atoms with Crippen molar-refractivity contribution in [3.63, 3.8) is 0 Å². The molecule has 1 aliphatic heterocycles. The van der Waals surface area contributed by atoms with Gasteiger partial charge in [-0.2, -0.15) is 0 Å². The maximum absolute atomic E-state index is 12.4. The van der Waals surface area contributed by atoms with Crippen LogP contribution in [0.5, 0.6) is 0 Å². The number of rotatable bonds is 7. The molecular weight excluding hydrogens is 368 g/mol. The fourth-order valence-corrected chi connectivity index (χ4v) is 3.56. The normalized spacial score (nSPS) is 15.7. The third kappa shape index (κ3) is 5.54. The van der Waals surface area contributed by atoms with Gasteiger partial charge in [0.05, 0.1) is 17.5 Å². The second kappa shape index (κ2) is 9.52. The van der Waals surface area contributed by atoms with Gasteiger partial charge >= 0.3 is 0 Å². The molecule has 2 aromatic rings. The lowest BCUT2D eigenvalue weighted by Crippen LogP contribution is -2.49. The maximum atomic E-state index is 12.4. The number of carbonyl (C=O) groups excluding carboxylic acids is 1. The molecule has 7 heteroatoms. The predicted molar refractivity (Wildman–Crippen MR) is 114 cm³/mol. The minimum absolute atomic E-state index is 0.0187. The van der Waals surface area contributed by atoms with Crippen LogP contribution >= 0.6 is 0 Å². The Morgan fingerprint density at radius 1 is 1.07 bits per heavy atom. The summed E-state index contributed by atoms with van der Waals surface area (Å²) in [5.41, 5.74) is 3.48. The number of non-ortho nitro benzene ring substituents is 1. The zero-order valence-corrected chi connectivity index (χ0v) is 17.0. The van der Waals surface area contributed by atoms with Gasteiger partial charge in [-0.05, 0) is 36.6 Å². The quantitative estimate of drug-likeness (QED) is 0.575. The van der Waals surface area contributed by atoms with Crippen molar-refractivity contribution in [3.8, 4) is 0 Å². The lowest BCUT2D eigenvalue weighted by Gasteiger charge is -2.35. The number of anilines is 1. The van der Waals surface area contributed by atoms with Gasteiger partial charge in [-0.15, -0.1) is 0 Å². The predicted octanol–water partition coefficient (Wildman–Crippen LogP) is 3.16. The summed E-state index contributed by atoms with van der Waals surface area (Å²) in [7, 11) is 0. The molecule has 154 valence electrons. The molecule has 1 N–H and O–H groups in total. The first kappa shape index (κ1) is 20.8. The minimum Gasteiger partial charge on any atom is -0.369 e. The van der Waals surface area contributed by atoms with Crippen LogP contribution in [0.2, 0.25) is 0 Å². The van der Waals surface area contributed by atoms with Crippen molar-refractivity contribution in [3.05, 3.63) is 69.8 Å². The highest BCUT2D eigenvalue weighted by Crippen LogP contribution is 2.20. The molecule has 0 bridgehead atoms. The number of carbonyl (C=O) groups is 1. The van der Waals surface area contributed by atoms with Gasteiger partial charge in [-0.3, -0.25) is 19.8 Å². The van der Waals surface area contributed by atoms with Gasteiger partial charge < -0.3 is 10.2 Å². The van der Waals surface area contributed by atoms with Crippen LogP contribution in [0.25, 0.3) is 0 Å². The van der Waals surface area contributed by atoms with E-state index in [4.69, 9.17) is 0 Å². The summed E-state index contributed by atoms with van der Waals surface area (Å²) in [6.45, 7) is 7.66. The van der Waals surface area contributed by atoms with E-state index in [1.165, 1.54) is 17.7 Å². The monoisotopic (exact) mass is 396 g/mol. The molecule has 0 spiro atoms. The molecule has 1 amide bonds. The average Bonchev–Trinajstić information content (AvgIpc) is 2.74. The Labute approximate surface area is 171 Å². The highest BCUT2D eigenvalue weighted by Gasteiger charge is 2.20. The second-order valence-corrected chi connectivity index (χ2v) is 7.42. The molecular formula is C22H28N4O3. The topological polar surface area (TPSA) is 78.7 Å². The fraction of sp³-hybridized carbons (Fsp3) is 0.409. The summed E-state index contributed by atoms with van der Waals surface area (Å²) in [4.78, 5) is 27.2. The molecule has 0 saturated carbocycles. The molecule has 0 aromatic heterocycles. The van der Waals surface area contributed by atoms with Crippen LogP contribution in [0.4, 0.5) is 11.4 Å². The van der Waals surface area contributed by atoms with E-state index in [2.05, 4.69) is 46.3 Å². The van der Waals surface area contributed by atoms with Crippen LogP contribution < -0.4 is 10.2 Å². The van der Waals surface area contributed by atoms with Crippen molar-refractivity contribution in [2.45, 2.75) is 26.3 Å². The van der Waals surface area contributed by atoms with Crippen LogP contribution in [0.1, 0.15) is 31.0 Å². The van der Waals surface area contributed by atoms with E-state index in [9.17, 15) is 14.9 Å². The van der Waals surface area contributed by atoms with Crippen LogP contribution in [0.15, 0.2) is 48.5 Å². The van der Waals surface area contributed by atoms with Crippen LogP contribution in [-0.4, -0.2) is 48.5 Å². The number of amides is 1. The molecule has 3 rings (SSSR count). The second-order valence-electron chi connectivity index (χ2n) is 7.42. The first-order valence-electron chi connectivity index (χ1n) is 10.1. The SMILES string of the molecule is CCc1ccc(C(C)NC(=O)CN2CCN(c3ccc([N+](=O)[O-])cc3)CC2)cc1. The standard InChI is InChI=1S/C22H28N4O3/c1-3-18-4-6-19(7-5-18)17(2)23-22(27)16-24-12-14-25(15-13-24)20-8-10-21(11-9-20)26(28)29/h4-11,17H,3,12-16H2,1-2H3,(H,23,27). The van der Waals surface area contributed by atoms with E-state index in [0.717, 1.165) is 43.9 Å². The summed E-state index contributed by atoms with van der Waals surface area (Å²) in [6, 6.07) is 15.0. The number of hydrogen-bond acceptors (Lipinski definition) is 5. The first-order chi connectivity index (χ1) is 14.0. The summed E-state index contributed by atoms with van der Waals surface area (Å²) in [5.74, 6) is 0.0286. The Hall–Kier alpha value is -2.93. The van der Waals surface area contributed by atoms with E-state index in [0.29, 0.717) is 6.54 Å². The maximum Gasteiger partial charge on any atom is 0.269 e. The van der Waals surface area contributed by atoms with Gasteiger partial charge in [-0.1, -0.05) is 31.2 Å². The Bertz CT molecular complexity index is 828. The van der Waals surface area contributed by atoms with E-state index in [1.54, 1.807) is 12.1 Å². The Morgan fingerprint density at radius 3 is 2.24 bits per heavy atom. The Kier molecular flexibility index (Phi) is 6.82. The first-order valence-corrected chi connectivity index (χ1v) is 10.1. The van der Waals surface area contributed by atoms with E-state index < -0.39 is 0 Å². The zero-order valence-electron chi connectivity index (χ0n) is 17.0. The van der Waals surface area contributed by atoms with Crippen molar-refractivity contribution in [1.82, 2.24) is 10.2 Å². The van der Waals surface area contributed by atoms with Gasteiger partial charge in [0.15, 0.2) is 0 Å². The van der Waals surface area contributed by atoms with Crippen molar-refractivity contribution < 1.29 is 9.72 Å². The van der Waals surface area contributed by atoms with E-state index >= 15 is 0 Å². The molecule has 29 heavy (non-hydrogen) atoms. The number of benzene rings is 2. The molecule has 1 unspecified atom stereocenters. The molecule has 1 aliphatic rings. The fourth-order valence-electron chi connectivity index (χ4n) is 3.56. The Balaban J connectivity index is 1.45. The molecule has 2 aromatic carbocycles. The van der Waals surface area contributed by atoms with Gasteiger partial charge in [-0.25, -0.2) is 0 Å². The van der Waals surface area contributed by atoms with Gasteiger partial charge in [0.2, 0.25) is 5.91 Å². The molecule has 1 saturated heterocycles. The zero-order chi connectivity index (χ0) is 20.8. The minimum atomic E-state index is -0.389. The van der Waals surface area contributed by atoms with Crippen LogP contribution in [-0.2, 0) is 11.2 Å². The number of aryl methyl sites for hydroxylation is 1. The number of nitrogens with one attached hydrogen (secondary N) is 1. The number of nitro benzene ring substituents is 1. The summed E-state index contributed by atoms with van der Waals surface area (Å²) in [6.07, 6.45) is 1.01. The molecule has 1 heterocycles. The summed E-state index contributed by atoms with van der Waals surface area (Å²) in [5, 5.41) is 13.9. The smallest absolute Gasteiger partial charge is 0.269 e. The van der Waals surface area contributed by atoms with Crippen molar-refractivity contribution in [2.24, 2.45) is 0 Å². The van der Waals surface area contributed by atoms with E-state index in [1.807, 2.05) is 6.92 Å². The van der Waals surface area contributed by atoms with Gasteiger partial charge in [0.1, 0.15) is 0 Å². The lowest BCUT2D eigenvalue weighted by atomic mass is 10.1. The van der Waals surface area contributed by atoms with Crippen molar-refractivity contribution in [1.29, 1.82) is 0 Å². The van der Waals surface area contributed by atoms with E-state index in [-0.39, 0.29) is 22.6 Å². The van der Waals surface area contributed by atoms with Crippen molar-refractivity contribution >= 4 is 17.3 Å². The highest BCUT2D eigenvalue weighted by atomic mass is 16.6. The lowest BCUT2D eigenvalue weighted by molar-refractivity contribution is -0.384. The summed E-state index contributed by atoms with van der Waals surface area (Å²) < 4.78 is 0. The molecule has 7 nitrogen and oxygen atoms in total. The number of nitro groups is 1. The summed E-state index contributed by atoms with van der Waals surface area (Å²) >= 11 is 0. The van der Waals surface area contributed by atoms with Gasteiger partial charge in [0.25, 0.3) is 5.69 Å². The Morgan fingerprint density at radius 2 is 1.69 bits per heavy atom. The number of nitrogens with zero attached hydrogens (tertiary/aromatic N) is 3. The molecule has 0 aliphatic carbocycles. The van der Waals surface area contributed by atoms with Crippen LogP contribution in [0, 0.1) is 10.1 Å². The van der Waals surface area contributed by atoms with Crippen LogP contribution in [0.3, 0.4) is 0 Å².